The molecule has 0 bridgehead atoms. The van der Waals surface area contributed by atoms with E-state index >= 15 is 0 Å². The Morgan fingerprint density at radius 2 is 1.92 bits per heavy atom. The van der Waals surface area contributed by atoms with E-state index in [-0.39, 0.29) is 18.0 Å². The molecule has 1 N–H and O–H groups in total. The van der Waals surface area contributed by atoms with Gasteiger partial charge in [-0.15, -0.1) is 0 Å². The topological polar surface area (TPSA) is 91.0 Å². The van der Waals surface area contributed by atoms with Crippen LogP contribution >= 0.6 is 0 Å². The maximum Gasteiger partial charge on any atom is 0.343 e. The lowest BCUT2D eigenvalue weighted by molar-refractivity contribution is 0.0527. The van der Waals surface area contributed by atoms with Crippen molar-refractivity contribution in [1.29, 1.82) is 0 Å². The molecule has 1 amide bonds. The summed E-state index contributed by atoms with van der Waals surface area (Å²) in [7, 11) is 1.72. The zero-order chi connectivity index (χ0) is 17.8. The number of esters is 1. The Bertz CT molecular complexity index is 898. The van der Waals surface area contributed by atoms with Crippen molar-refractivity contribution in [2.24, 2.45) is 7.05 Å². The second-order valence-electron chi connectivity index (χ2n) is 5.23. The summed E-state index contributed by atoms with van der Waals surface area (Å²) in [6.07, 6.45) is 4.41. The second-order valence-corrected chi connectivity index (χ2v) is 5.23. The predicted octanol–water partition coefficient (Wildman–Crippen LogP) is 2.03. The summed E-state index contributed by atoms with van der Waals surface area (Å²) in [5, 5.41) is 10.9. The predicted molar refractivity (Wildman–Crippen MR) is 90.7 cm³/mol. The lowest BCUT2D eigenvalue weighted by Gasteiger charge is -2.10. The molecule has 25 heavy (non-hydrogen) atoms. The number of carbonyl (C=O) groups is 2. The van der Waals surface area contributed by atoms with Crippen molar-refractivity contribution in [2.75, 3.05) is 11.9 Å². The van der Waals surface area contributed by atoms with Gasteiger partial charge in [-0.05, 0) is 19.1 Å². The van der Waals surface area contributed by atoms with Crippen LogP contribution in [0.4, 0.5) is 5.82 Å². The first-order valence-electron chi connectivity index (χ1n) is 7.70. The van der Waals surface area contributed by atoms with Gasteiger partial charge >= 0.3 is 5.97 Å². The fourth-order valence-corrected chi connectivity index (χ4v) is 2.31. The van der Waals surface area contributed by atoms with Gasteiger partial charge in [-0.3, -0.25) is 9.48 Å². The number of para-hydroxylation sites is 1. The number of aryl methyl sites for hydroxylation is 1. The monoisotopic (exact) mass is 339 g/mol. The molecular weight excluding hydrogens is 322 g/mol. The van der Waals surface area contributed by atoms with Crippen molar-refractivity contribution < 1.29 is 14.3 Å². The van der Waals surface area contributed by atoms with Gasteiger partial charge < -0.3 is 10.1 Å². The summed E-state index contributed by atoms with van der Waals surface area (Å²) in [4.78, 5) is 24.7. The first kappa shape index (κ1) is 16.4. The van der Waals surface area contributed by atoms with Gasteiger partial charge in [-0.1, -0.05) is 18.2 Å². The molecule has 0 radical (unpaired) electrons. The van der Waals surface area contributed by atoms with Gasteiger partial charge in [-0.25, -0.2) is 9.48 Å². The smallest absolute Gasteiger partial charge is 0.343 e. The summed E-state index contributed by atoms with van der Waals surface area (Å²) in [5.41, 5.74) is 1.26. The van der Waals surface area contributed by atoms with E-state index in [0.29, 0.717) is 11.3 Å². The molecule has 2 heterocycles. The highest BCUT2D eigenvalue weighted by molar-refractivity contribution is 6.07. The van der Waals surface area contributed by atoms with Crippen molar-refractivity contribution in [1.82, 2.24) is 19.6 Å². The average Bonchev–Trinajstić information content (AvgIpc) is 3.22. The molecule has 0 aliphatic carbocycles. The molecule has 0 spiro atoms. The van der Waals surface area contributed by atoms with E-state index in [4.69, 9.17) is 4.74 Å². The Hall–Kier alpha value is -3.42. The van der Waals surface area contributed by atoms with E-state index in [2.05, 4.69) is 15.5 Å². The molecule has 1 aromatic carbocycles. The zero-order valence-electron chi connectivity index (χ0n) is 13.8. The third-order valence-corrected chi connectivity index (χ3v) is 3.46. The van der Waals surface area contributed by atoms with Crippen LogP contribution in [0.3, 0.4) is 0 Å². The average molecular weight is 339 g/mol. The molecule has 0 saturated carbocycles. The van der Waals surface area contributed by atoms with Crippen LogP contribution in [0.5, 0.6) is 0 Å². The van der Waals surface area contributed by atoms with Gasteiger partial charge in [0.05, 0.1) is 30.3 Å². The quantitative estimate of drug-likeness (QED) is 0.718. The highest BCUT2D eigenvalue weighted by atomic mass is 16.5. The highest BCUT2D eigenvalue weighted by Gasteiger charge is 2.22. The van der Waals surface area contributed by atoms with E-state index in [1.54, 1.807) is 20.2 Å². The maximum absolute atomic E-state index is 12.5. The largest absolute Gasteiger partial charge is 0.462 e. The number of ether oxygens (including phenoxy) is 1. The molecular formula is C17H17N5O3. The van der Waals surface area contributed by atoms with E-state index < -0.39 is 11.9 Å². The van der Waals surface area contributed by atoms with E-state index in [0.717, 1.165) is 0 Å². The van der Waals surface area contributed by atoms with Gasteiger partial charge in [-0.2, -0.15) is 10.2 Å². The van der Waals surface area contributed by atoms with Crippen molar-refractivity contribution in [2.45, 2.75) is 6.92 Å². The Morgan fingerprint density at radius 3 is 2.56 bits per heavy atom. The number of nitrogens with one attached hydrogen (secondary N) is 1. The van der Waals surface area contributed by atoms with Crippen LogP contribution in [0.15, 0.2) is 48.9 Å². The number of amides is 1. The molecule has 0 atom stereocenters. The van der Waals surface area contributed by atoms with E-state index in [1.807, 2.05) is 30.3 Å². The summed E-state index contributed by atoms with van der Waals surface area (Å²) >= 11 is 0. The molecule has 2 aromatic heterocycles. The number of hydrogen-bond donors (Lipinski definition) is 1. The Balaban J connectivity index is 2.00. The van der Waals surface area contributed by atoms with Crippen molar-refractivity contribution in [3.8, 4) is 5.69 Å². The molecule has 0 aliphatic rings. The molecule has 128 valence electrons. The van der Waals surface area contributed by atoms with Gasteiger partial charge in [0.1, 0.15) is 5.56 Å². The van der Waals surface area contributed by atoms with Crippen LogP contribution in [-0.2, 0) is 11.8 Å². The number of hydrogen-bond acceptors (Lipinski definition) is 5. The van der Waals surface area contributed by atoms with Crippen LogP contribution < -0.4 is 5.32 Å². The minimum absolute atomic E-state index is 0.183. The fraction of sp³-hybridized carbons (Fsp3) is 0.176. The van der Waals surface area contributed by atoms with Crippen LogP contribution in [0.25, 0.3) is 5.69 Å². The third-order valence-electron chi connectivity index (χ3n) is 3.46. The molecule has 8 nitrogen and oxygen atoms in total. The summed E-state index contributed by atoms with van der Waals surface area (Å²) in [6.45, 7) is 1.94. The van der Waals surface area contributed by atoms with Crippen LogP contribution in [0.1, 0.15) is 27.6 Å². The Labute approximate surface area is 144 Å². The van der Waals surface area contributed by atoms with Crippen LogP contribution in [-0.4, -0.2) is 38.0 Å². The molecule has 8 heteroatoms. The first-order chi connectivity index (χ1) is 12.1. The number of rotatable bonds is 5. The number of aromatic nitrogens is 4. The molecule has 0 saturated heterocycles. The highest BCUT2D eigenvalue weighted by Crippen LogP contribution is 2.22. The normalized spacial score (nSPS) is 10.5. The van der Waals surface area contributed by atoms with Gasteiger partial charge in [0, 0.05) is 13.2 Å². The SMILES string of the molecule is CCOC(=O)c1cnn(-c2ccccc2)c1NC(=O)c1cnn(C)c1. The number of benzene rings is 1. The zero-order valence-corrected chi connectivity index (χ0v) is 13.8. The standard InChI is InChI=1S/C17H17N5O3/c1-3-25-17(24)14-10-19-22(13-7-5-4-6-8-13)15(14)20-16(23)12-9-18-21(2)11-12/h4-11H,3H2,1-2H3,(H,20,23). The molecule has 0 fully saturated rings. The Kier molecular flexibility index (Phi) is 4.60. The maximum atomic E-state index is 12.5. The summed E-state index contributed by atoms with van der Waals surface area (Å²) in [5.74, 6) is -0.694. The molecule has 3 aromatic rings. The van der Waals surface area contributed by atoms with Crippen LogP contribution in [0, 0.1) is 0 Å². The fourth-order valence-electron chi connectivity index (χ4n) is 2.31. The molecule has 3 rings (SSSR count). The van der Waals surface area contributed by atoms with Crippen molar-refractivity contribution in [3.05, 3.63) is 60.0 Å². The molecule has 0 unspecified atom stereocenters. The first-order valence-corrected chi connectivity index (χ1v) is 7.70. The van der Waals surface area contributed by atoms with Crippen molar-refractivity contribution in [3.63, 3.8) is 0 Å². The lowest BCUT2D eigenvalue weighted by Crippen LogP contribution is -2.17. The third kappa shape index (κ3) is 3.42. The molecule has 0 aliphatic heterocycles. The minimum atomic E-state index is -0.550. The summed E-state index contributed by atoms with van der Waals surface area (Å²) in [6, 6.07) is 9.19. The van der Waals surface area contributed by atoms with Gasteiger partial charge in [0.25, 0.3) is 5.91 Å². The Morgan fingerprint density at radius 1 is 1.16 bits per heavy atom. The second kappa shape index (κ2) is 7.00. The number of anilines is 1. The van der Waals surface area contributed by atoms with E-state index in [9.17, 15) is 9.59 Å². The summed E-state index contributed by atoms with van der Waals surface area (Å²) < 4.78 is 8.06. The van der Waals surface area contributed by atoms with E-state index in [1.165, 1.54) is 21.8 Å². The number of nitrogens with zero attached hydrogens (tertiary/aromatic N) is 4. The van der Waals surface area contributed by atoms with Gasteiger partial charge in [0.2, 0.25) is 0 Å². The van der Waals surface area contributed by atoms with Gasteiger partial charge in [0.15, 0.2) is 5.82 Å². The van der Waals surface area contributed by atoms with Crippen molar-refractivity contribution >= 4 is 17.7 Å². The number of carbonyl (C=O) groups excluding carboxylic acids is 2. The minimum Gasteiger partial charge on any atom is -0.462 e. The van der Waals surface area contributed by atoms with Crippen LogP contribution in [0.2, 0.25) is 0 Å². The lowest BCUT2D eigenvalue weighted by atomic mass is 10.2.